The highest BCUT2D eigenvalue weighted by molar-refractivity contribution is 7.13. The quantitative estimate of drug-likeness (QED) is 0.372. The second-order valence-corrected chi connectivity index (χ2v) is 9.78. The molecule has 0 bridgehead atoms. The first-order valence-electron chi connectivity index (χ1n) is 12.0. The van der Waals surface area contributed by atoms with E-state index in [0.717, 1.165) is 27.4 Å². The molecule has 0 radical (unpaired) electrons. The Balaban J connectivity index is 1.24. The summed E-state index contributed by atoms with van der Waals surface area (Å²) < 4.78 is 1.84. The third-order valence-corrected chi connectivity index (χ3v) is 7.14. The van der Waals surface area contributed by atoms with Gasteiger partial charge in [0.05, 0.1) is 10.6 Å². The largest absolute Gasteiger partial charge is 0.339 e. The summed E-state index contributed by atoms with van der Waals surface area (Å²) in [5, 5.41) is 9.71. The van der Waals surface area contributed by atoms with E-state index in [1.165, 1.54) is 0 Å². The van der Waals surface area contributed by atoms with Crippen molar-refractivity contribution >= 4 is 35.0 Å². The van der Waals surface area contributed by atoms with Crippen LogP contribution in [-0.2, 0) is 9.59 Å². The van der Waals surface area contributed by atoms with Crippen molar-refractivity contribution in [1.29, 1.82) is 0 Å². The summed E-state index contributed by atoms with van der Waals surface area (Å²) in [6, 6.07) is 17.7. The van der Waals surface area contributed by atoms with E-state index in [2.05, 4.69) is 10.3 Å². The number of amides is 2. The lowest BCUT2D eigenvalue weighted by molar-refractivity contribution is -0.130. The van der Waals surface area contributed by atoms with E-state index in [9.17, 15) is 9.59 Å². The zero-order valence-corrected chi connectivity index (χ0v) is 20.8. The Bertz CT molecular complexity index is 1370. The number of likely N-dealkylation sites (tertiary alicyclic amines) is 1. The maximum absolute atomic E-state index is 13.0. The second kappa shape index (κ2) is 10.7. The van der Waals surface area contributed by atoms with Gasteiger partial charge in [-0.2, -0.15) is 5.10 Å². The van der Waals surface area contributed by atoms with E-state index in [1.54, 1.807) is 28.5 Å². The molecule has 1 aliphatic heterocycles. The Morgan fingerprint density at radius 3 is 2.61 bits per heavy atom. The molecule has 36 heavy (non-hydrogen) atoms. The molecule has 1 aliphatic rings. The fourth-order valence-electron chi connectivity index (χ4n) is 4.29. The summed E-state index contributed by atoms with van der Waals surface area (Å²) >= 11 is 1.62. The molecular weight excluding hydrogens is 470 g/mol. The molecule has 5 rings (SSSR count). The molecule has 2 amide bonds. The van der Waals surface area contributed by atoms with Crippen molar-refractivity contribution in [1.82, 2.24) is 19.7 Å². The van der Waals surface area contributed by atoms with E-state index < -0.39 is 0 Å². The van der Waals surface area contributed by atoms with Gasteiger partial charge >= 0.3 is 0 Å². The van der Waals surface area contributed by atoms with Gasteiger partial charge in [0.2, 0.25) is 11.8 Å². The van der Waals surface area contributed by atoms with Crippen LogP contribution in [0.4, 0.5) is 5.82 Å². The molecule has 1 fully saturated rings. The van der Waals surface area contributed by atoms with Gasteiger partial charge in [0.15, 0.2) is 0 Å². The van der Waals surface area contributed by atoms with E-state index >= 15 is 0 Å². The molecule has 0 aliphatic carbocycles. The molecule has 0 unspecified atom stereocenters. The predicted octanol–water partition coefficient (Wildman–Crippen LogP) is 5.19. The molecule has 0 spiro atoms. The highest BCUT2D eigenvalue weighted by Crippen LogP contribution is 2.29. The topological polar surface area (TPSA) is 80.1 Å². The molecular formula is C28H27N5O2S. The number of hydrogen-bond acceptors (Lipinski definition) is 5. The number of piperidine rings is 1. The predicted molar refractivity (Wildman–Crippen MR) is 143 cm³/mol. The first-order valence-corrected chi connectivity index (χ1v) is 12.8. The summed E-state index contributed by atoms with van der Waals surface area (Å²) in [5.41, 5.74) is 3.74. The van der Waals surface area contributed by atoms with Crippen LogP contribution in [0.5, 0.6) is 0 Å². The molecule has 182 valence electrons. The van der Waals surface area contributed by atoms with Crippen molar-refractivity contribution < 1.29 is 9.59 Å². The number of pyridine rings is 1. The number of carbonyl (C=O) groups is 2. The third-order valence-electron chi connectivity index (χ3n) is 6.27. The Morgan fingerprint density at radius 2 is 1.89 bits per heavy atom. The van der Waals surface area contributed by atoms with Crippen LogP contribution in [0.3, 0.4) is 0 Å². The molecule has 7 nitrogen and oxygen atoms in total. The summed E-state index contributed by atoms with van der Waals surface area (Å²) in [4.78, 5) is 32.7. The maximum Gasteiger partial charge on any atom is 0.246 e. The van der Waals surface area contributed by atoms with Crippen molar-refractivity contribution in [3.63, 3.8) is 0 Å². The Morgan fingerprint density at radius 1 is 1.08 bits per heavy atom. The molecule has 0 saturated carbocycles. The van der Waals surface area contributed by atoms with Gasteiger partial charge in [0, 0.05) is 43.0 Å². The average Bonchev–Trinajstić information content (AvgIpc) is 3.58. The highest BCUT2D eigenvalue weighted by atomic mass is 32.1. The minimum Gasteiger partial charge on any atom is -0.339 e. The van der Waals surface area contributed by atoms with E-state index in [4.69, 9.17) is 5.10 Å². The molecule has 3 aromatic heterocycles. The zero-order valence-electron chi connectivity index (χ0n) is 20.0. The Kier molecular flexibility index (Phi) is 7.04. The first-order chi connectivity index (χ1) is 17.6. The van der Waals surface area contributed by atoms with Crippen molar-refractivity contribution in [2.75, 3.05) is 18.4 Å². The van der Waals surface area contributed by atoms with Crippen LogP contribution in [0.1, 0.15) is 24.0 Å². The van der Waals surface area contributed by atoms with Crippen LogP contribution in [0.25, 0.3) is 22.3 Å². The number of thiophene rings is 1. The lowest BCUT2D eigenvalue weighted by atomic mass is 9.96. The first kappa shape index (κ1) is 23.7. The molecule has 1 aromatic carbocycles. The molecule has 1 saturated heterocycles. The van der Waals surface area contributed by atoms with Crippen LogP contribution >= 0.6 is 11.3 Å². The number of anilines is 1. The fourth-order valence-corrected chi connectivity index (χ4v) is 5.02. The monoisotopic (exact) mass is 497 g/mol. The Hall–Kier alpha value is -4.04. The van der Waals surface area contributed by atoms with Crippen LogP contribution < -0.4 is 5.32 Å². The summed E-state index contributed by atoms with van der Waals surface area (Å²) in [7, 11) is 0. The van der Waals surface area contributed by atoms with Gasteiger partial charge in [-0.05, 0) is 67.1 Å². The standard InChI is InChI=1S/C28H27N5O2S/c1-20-11-14-29-25(18-20)30-28(35)21-12-15-32(16-13-21)26(34)10-9-22-19-33(23-6-3-2-4-7-23)31-27(22)24-8-5-17-36-24/h2-11,14,17-19,21H,12-13,15-16H2,1H3,(H,29,30,35). The zero-order chi connectivity index (χ0) is 24.9. The summed E-state index contributed by atoms with van der Waals surface area (Å²) in [5.74, 6) is 0.345. The fraction of sp³-hybridized carbons (Fsp3) is 0.214. The SMILES string of the molecule is Cc1ccnc(NC(=O)C2CCN(C(=O)C=Cc3cn(-c4ccccc4)nc3-c3cccs3)CC2)c1. The third kappa shape index (κ3) is 5.44. The van der Waals surface area contributed by atoms with Crippen LogP contribution in [0.15, 0.2) is 78.4 Å². The van der Waals surface area contributed by atoms with Gasteiger partial charge in [-0.1, -0.05) is 24.3 Å². The number of aromatic nitrogens is 3. The van der Waals surface area contributed by atoms with Gasteiger partial charge < -0.3 is 10.2 Å². The average molecular weight is 498 g/mol. The lowest BCUT2D eigenvalue weighted by Gasteiger charge is -2.30. The van der Waals surface area contributed by atoms with Gasteiger partial charge in [-0.3, -0.25) is 9.59 Å². The number of rotatable bonds is 6. The second-order valence-electron chi connectivity index (χ2n) is 8.83. The smallest absolute Gasteiger partial charge is 0.246 e. The normalized spacial score (nSPS) is 14.3. The summed E-state index contributed by atoms with van der Waals surface area (Å²) in [6.07, 6.45) is 8.34. The molecule has 4 heterocycles. The van der Waals surface area contributed by atoms with Crippen molar-refractivity contribution in [3.05, 3.63) is 89.6 Å². The van der Waals surface area contributed by atoms with E-state index in [1.807, 2.05) is 83.9 Å². The number of benzene rings is 1. The van der Waals surface area contributed by atoms with Crippen molar-refractivity contribution in [2.24, 2.45) is 5.92 Å². The molecule has 8 heteroatoms. The molecule has 1 N–H and O–H groups in total. The number of para-hydroxylation sites is 1. The lowest BCUT2D eigenvalue weighted by Crippen LogP contribution is -2.40. The number of nitrogens with one attached hydrogen (secondary N) is 1. The number of hydrogen-bond donors (Lipinski definition) is 1. The highest BCUT2D eigenvalue weighted by Gasteiger charge is 2.27. The minimum absolute atomic E-state index is 0.0374. The van der Waals surface area contributed by atoms with Gasteiger partial charge in [-0.25, -0.2) is 9.67 Å². The van der Waals surface area contributed by atoms with Crippen molar-refractivity contribution in [2.45, 2.75) is 19.8 Å². The number of carbonyl (C=O) groups excluding carboxylic acids is 2. The van der Waals surface area contributed by atoms with Crippen molar-refractivity contribution in [3.8, 4) is 16.3 Å². The van der Waals surface area contributed by atoms with Crippen LogP contribution in [0.2, 0.25) is 0 Å². The Labute approximate surface area is 214 Å². The summed E-state index contributed by atoms with van der Waals surface area (Å²) in [6.45, 7) is 3.05. The van der Waals surface area contributed by atoms with E-state index in [-0.39, 0.29) is 17.7 Å². The number of aryl methyl sites for hydroxylation is 1. The molecule has 0 atom stereocenters. The number of nitrogens with zero attached hydrogens (tertiary/aromatic N) is 4. The van der Waals surface area contributed by atoms with Gasteiger partial charge in [-0.15, -0.1) is 11.3 Å². The minimum atomic E-state index is -0.130. The van der Waals surface area contributed by atoms with Gasteiger partial charge in [0.1, 0.15) is 11.5 Å². The van der Waals surface area contributed by atoms with Gasteiger partial charge in [0.25, 0.3) is 0 Å². The van der Waals surface area contributed by atoms with E-state index in [0.29, 0.717) is 31.7 Å². The van der Waals surface area contributed by atoms with Crippen LogP contribution in [0, 0.1) is 12.8 Å². The van der Waals surface area contributed by atoms with Crippen LogP contribution in [-0.4, -0.2) is 44.6 Å². The maximum atomic E-state index is 13.0. The molecule has 4 aromatic rings.